The number of hydrogen-bond donors (Lipinski definition) is 2. The third-order valence-electron chi connectivity index (χ3n) is 2.92. The number of carbonyl (C=O) groups is 1. The maximum atomic E-state index is 12.0. The molecule has 1 amide bonds. The number of hydrogen-bond acceptors (Lipinski definition) is 5. The van der Waals surface area contributed by atoms with Crippen molar-refractivity contribution in [2.75, 3.05) is 5.73 Å². The number of nitrogens with one attached hydrogen (secondary N) is 1. The number of aromatic nitrogens is 2. The van der Waals surface area contributed by atoms with Gasteiger partial charge in [0.2, 0.25) is 0 Å². The molecular formula is C14H12N4O2. The fourth-order valence-electron chi connectivity index (χ4n) is 1.93. The van der Waals surface area contributed by atoms with Crippen molar-refractivity contribution in [1.29, 1.82) is 0 Å². The largest absolute Gasteiger partial charge is 0.383 e. The van der Waals surface area contributed by atoms with E-state index in [9.17, 15) is 4.79 Å². The summed E-state index contributed by atoms with van der Waals surface area (Å²) < 4.78 is 4.90. The van der Waals surface area contributed by atoms with Crippen LogP contribution in [-0.2, 0) is 6.54 Å². The lowest BCUT2D eigenvalue weighted by Crippen LogP contribution is -2.23. The molecule has 3 N–H and O–H groups in total. The van der Waals surface area contributed by atoms with E-state index in [2.05, 4.69) is 15.5 Å². The van der Waals surface area contributed by atoms with Gasteiger partial charge in [0.15, 0.2) is 5.76 Å². The molecule has 0 aliphatic rings. The Bertz CT molecular complexity index is 753. The zero-order valence-electron chi connectivity index (χ0n) is 10.5. The third kappa shape index (κ3) is 2.31. The van der Waals surface area contributed by atoms with E-state index in [0.717, 1.165) is 10.8 Å². The number of carbonyl (C=O) groups excluding carboxylic acids is 1. The van der Waals surface area contributed by atoms with E-state index < -0.39 is 0 Å². The topological polar surface area (TPSA) is 94.0 Å². The molecule has 0 atom stereocenters. The highest BCUT2D eigenvalue weighted by Gasteiger charge is 2.11. The Morgan fingerprint density at radius 1 is 1.30 bits per heavy atom. The van der Waals surface area contributed by atoms with E-state index in [-0.39, 0.29) is 18.1 Å². The van der Waals surface area contributed by atoms with Crippen molar-refractivity contribution in [3.8, 4) is 0 Å². The molecule has 0 fully saturated rings. The van der Waals surface area contributed by atoms with Crippen LogP contribution in [0.15, 0.2) is 47.1 Å². The Balaban J connectivity index is 1.84. The predicted octanol–water partition coefficient (Wildman–Crippen LogP) is 1.73. The number of pyridine rings is 1. The van der Waals surface area contributed by atoms with E-state index in [4.69, 9.17) is 10.3 Å². The first-order chi connectivity index (χ1) is 9.74. The monoisotopic (exact) mass is 268 g/mol. The van der Waals surface area contributed by atoms with Crippen LogP contribution in [0.25, 0.3) is 10.8 Å². The predicted molar refractivity (Wildman–Crippen MR) is 73.8 cm³/mol. The molecular weight excluding hydrogens is 256 g/mol. The first-order valence-corrected chi connectivity index (χ1v) is 6.07. The first-order valence-electron chi connectivity index (χ1n) is 6.07. The molecule has 0 saturated carbocycles. The number of benzene rings is 1. The normalized spacial score (nSPS) is 10.6. The lowest BCUT2D eigenvalue weighted by atomic mass is 10.1. The first kappa shape index (κ1) is 12.2. The average Bonchev–Trinajstić information content (AvgIpc) is 2.98. The third-order valence-corrected chi connectivity index (χ3v) is 2.92. The maximum Gasteiger partial charge on any atom is 0.270 e. The summed E-state index contributed by atoms with van der Waals surface area (Å²) in [5, 5.41) is 7.98. The molecule has 0 saturated heterocycles. The second-order valence-electron chi connectivity index (χ2n) is 4.28. The van der Waals surface area contributed by atoms with Crippen molar-refractivity contribution in [3.05, 3.63) is 54.0 Å². The van der Waals surface area contributed by atoms with Gasteiger partial charge in [-0.2, -0.15) is 0 Å². The van der Waals surface area contributed by atoms with Crippen LogP contribution in [0.3, 0.4) is 0 Å². The van der Waals surface area contributed by atoms with Gasteiger partial charge in [-0.15, -0.1) is 0 Å². The van der Waals surface area contributed by atoms with Crippen molar-refractivity contribution in [1.82, 2.24) is 15.5 Å². The summed E-state index contributed by atoms with van der Waals surface area (Å²) in [5.74, 6) is 0.610. The fourth-order valence-corrected chi connectivity index (χ4v) is 1.93. The summed E-state index contributed by atoms with van der Waals surface area (Å²) in [5.41, 5.74) is 6.14. The minimum absolute atomic E-state index is 0.257. The SMILES string of the molecule is Nc1nc(C(=O)NCc2ccno2)cc2ccccc12. The zero-order valence-corrected chi connectivity index (χ0v) is 10.5. The highest BCUT2D eigenvalue weighted by Crippen LogP contribution is 2.19. The smallest absolute Gasteiger partial charge is 0.270 e. The standard InChI is InChI=1S/C14H12N4O2/c15-13-11-4-2-1-3-9(11)7-12(18-13)14(19)16-8-10-5-6-17-20-10/h1-7H,8H2,(H2,15,18)(H,16,19). The van der Waals surface area contributed by atoms with Gasteiger partial charge in [-0.05, 0) is 11.5 Å². The molecule has 2 aromatic heterocycles. The van der Waals surface area contributed by atoms with Gasteiger partial charge in [-0.1, -0.05) is 29.4 Å². The van der Waals surface area contributed by atoms with Crippen molar-refractivity contribution in [3.63, 3.8) is 0 Å². The summed E-state index contributed by atoms with van der Waals surface area (Å²) in [6.07, 6.45) is 1.52. The second kappa shape index (κ2) is 5.00. The summed E-state index contributed by atoms with van der Waals surface area (Å²) >= 11 is 0. The molecule has 3 aromatic rings. The van der Waals surface area contributed by atoms with Gasteiger partial charge < -0.3 is 15.6 Å². The van der Waals surface area contributed by atoms with Crippen LogP contribution in [0.1, 0.15) is 16.2 Å². The lowest BCUT2D eigenvalue weighted by Gasteiger charge is -2.06. The minimum Gasteiger partial charge on any atom is -0.383 e. The number of nitrogens with two attached hydrogens (primary N) is 1. The van der Waals surface area contributed by atoms with E-state index >= 15 is 0 Å². The quantitative estimate of drug-likeness (QED) is 0.754. The van der Waals surface area contributed by atoms with Gasteiger partial charge in [0.25, 0.3) is 5.91 Å². The van der Waals surface area contributed by atoms with E-state index in [1.165, 1.54) is 6.20 Å². The number of fused-ring (bicyclic) bond motifs is 1. The Hall–Kier alpha value is -2.89. The van der Waals surface area contributed by atoms with Crippen LogP contribution in [0, 0.1) is 0 Å². The van der Waals surface area contributed by atoms with Crippen molar-refractivity contribution in [2.45, 2.75) is 6.54 Å². The van der Waals surface area contributed by atoms with Crippen LogP contribution >= 0.6 is 0 Å². The van der Waals surface area contributed by atoms with Crippen molar-refractivity contribution >= 4 is 22.5 Å². The van der Waals surface area contributed by atoms with Gasteiger partial charge in [0, 0.05) is 11.5 Å². The molecule has 20 heavy (non-hydrogen) atoms. The second-order valence-corrected chi connectivity index (χ2v) is 4.28. The molecule has 3 rings (SSSR count). The van der Waals surface area contributed by atoms with Crippen molar-refractivity contribution < 1.29 is 9.32 Å². The average molecular weight is 268 g/mol. The van der Waals surface area contributed by atoms with Crippen LogP contribution in [-0.4, -0.2) is 16.0 Å². The molecule has 1 aromatic carbocycles. The molecule has 0 aliphatic carbocycles. The van der Waals surface area contributed by atoms with Crippen LogP contribution in [0.2, 0.25) is 0 Å². The molecule has 0 bridgehead atoms. The van der Waals surface area contributed by atoms with Gasteiger partial charge in [0.05, 0.1) is 12.7 Å². The number of anilines is 1. The zero-order chi connectivity index (χ0) is 13.9. The van der Waals surface area contributed by atoms with Crippen molar-refractivity contribution in [2.24, 2.45) is 0 Å². The van der Waals surface area contributed by atoms with E-state index in [1.807, 2.05) is 24.3 Å². The molecule has 0 aliphatic heterocycles. The lowest BCUT2D eigenvalue weighted by molar-refractivity contribution is 0.0942. The highest BCUT2D eigenvalue weighted by atomic mass is 16.5. The van der Waals surface area contributed by atoms with Gasteiger partial charge in [-0.3, -0.25) is 4.79 Å². The Kier molecular flexibility index (Phi) is 3.04. The van der Waals surface area contributed by atoms with Crippen LogP contribution in [0.4, 0.5) is 5.82 Å². The Labute approximate surface area is 114 Å². The summed E-state index contributed by atoms with van der Waals surface area (Å²) in [4.78, 5) is 16.2. The summed E-state index contributed by atoms with van der Waals surface area (Å²) in [6.45, 7) is 0.257. The molecule has 6 heteroatoms. The molecule has 2 heterocycles. The van der Waals surface area contributed by atoms with Crippen LogP contribution < -0.4 is 11.1 Å². The van der Waals surface area contributed by atoms with E-state index in [0.29, 0.717) is 11.6 Å². The Morgan fingerprint density at radius 3 is 2.95 bits per heavy atom. The van der Waals surface area contributed by atoms with Gasteiger partial charge >= 0.3 is 0 Å². The number of rotatable bonds is 3. The molecule has 0 spiro atoms. The molecule has 100 valence electrons. The van der Waals surface area contributed by atoms with Gasteiger partial charge in [0.1, 0.15) is 11.5 Å². The minimum atomic E-state index is -0.307. The number of amides is 1. The maximum absolute atomic E-state index is 12.0. The number of nitrogens with zero attached hydrogens (tertiary/aromatic N) is 2. The Morgan fingerprint density at radius 2 is 2.15 bits per heavy atom. The molecule has 0 radical (unpaired) electrons. The molecule has 0 unspecified atom stereocenters. The summed E-state index contributed by atoms with van der Waals surface area (Å²) in [7, 11) is 0. The highest BCUT2D eigenvalue weighted by molar-refractivity contribution is 5.99. The van der Waals surface area contributed by atoms with Gasteiger partial charge in [-0.25, -0.2) is 4.98 Å². The summed E-state index contributed by atoms with van der Waals surface area (Å²) in [6, 6.07) is 10.9. The number of nitrogen functional groups attached to an aromatic ring is 1. The fraction of sp³-hybridized carbons (Fsp3) is 0.0714. The molecule has 6 nitrogen and oxygen atoms in total. The van der Waals surface area contributed by atoms with Crippen LogP contribution in [0.5, 0.6) is 0 Å². The van der Waals surface area contributed by atoms with E-state index in [1.54, 1.807) is 12.1 Å².